The molecule has 0 aromatic carbocycles. The number of carbonyl (C=O) groups is 2. The first kappa shape index (κ1) is 18.9. The Hall–Kier alpha value is -1.10. The summed E-state index contributed by atoms with van der Waals surface area (Å²) in [5.74, 6) is 0.105. The number of hydrogen-bond acceptors (Lipinski definition) is 3. The quantitative estimate of drug-likeness (QED) is 0.595. The van der Waals surface area contributed by atoms with Gasteiger partial charge in [0.05, 0.1) is 13.2 Å². The van der Waals surface area contributed by atoms with Gasteiger partial charge in [-0.15, -0.1) is 0 Å². The molecule has 5 heteroatoms. The van der Waals surface area contributed by atoms with E-state index in [1.807, 2.05) is 0 Å². The van der Waals surface area contributed by atoms with E-state index in [2.05, 4.69) is 6.92 Å². The van der Waals surface area contributed by atoms with Crippen LogP contribution in [-0.2, 0) is 9.53 Å². The van der Waals surface area contributed by atoms with Crippen molar-refractivity contribution in [1.29, 1.82) is 0 Å². The van der Waals surface area contributed by atoms with Crippen LogP contribution in [0, 0.1) is 0 Å². The van der Waals surface area contributed by atoms with E-state index < -0.39 is 12.1 Å². The van der Waals surface area contributed by atoms with Gasteiger partial charge in [0.1, 0.15) is 6.10 Å². The molecule has 0 spiro atoms. The van der Waals surface area contributed by atoms with Crippen molar-refractivity contribution >= 4 is 11.8 Å². The molecule has 128 valence electrons. The van der Waals surface area contributed by atoms with Crippen molar-refractivity contribution in [2.75, 3.05) is 19.7 Å². The Balaban J connectivity index is 2.02. The number of ketones is 1. The first-order valence-electron chi connectivity index (χ1n) is 8.83. The molecule has 5 nitrogen and oxygen atoms in total. The molecule has 0 radical (unpaired) electrons. The predicted molar refractivity (Wildman–Crippen MR) is 87.7 cm³/mol. The minimum atomic E-state index is -0.477. The Bertz CT molecular complexity index is 334. The topological polar surface area (TPSA) is 72.6 Å². The van der Waals surface area contributed by atoms with Gasteiger partial charge in [-0.3, -0.25) is 4.79 Å². The van der Waals surface area contributed by atoms with Crippen molar-refractivity contribution in [2.45, 2.75) is 77.2 Å². The summed E-state index contributed by atoms with van der Waals surface area (Å²) >= 11 is 0. The standard InChI is InChI=1S/C17H32N2O3/c1-2-3-4-5-6-7-8-9-10-11-15(20)16-14-19(17(18)21)12-13-22-16/h16H,2-14H2,1H3,(H2,18,21). The van der Waals surface area contributed by atoms with E-state index >= 15 is 0 Å². The number of hydrogen-bond donors (Lipinski definition) is 1. The van der Waals surface area contributed by atoms with E-state index in [1.54, 1.807) is 0 Å². The largest absolute Gasteiger partial charge is 0.367 e. The Labute approximate surface area is 134 Å². The molecule has 1 saturated heterocycles. The second-order valence-electron chi connectivity index (χ2n) is 6.19. The van der Waals surface area contributed by atoms with Crippen LogP contribution in [-0.4, -0.2) is 42.5 Å². The number of amides is 2. The van der Waals surface area contributed by atoms with Crippen LogP contribution in [0.4, 0.5) is 4.79 Å². The summed E-state index contributed by atoms with van der Waals surface area (Å²) in [6.45, 7) is 3.43. The summed E-state index contributed by atoms with van der Waals surface area (Å²) in [5.41, 5.74) is 5.25. The molecule has 22 heavy (non-hydrogen) atoms. The Morgan fingerprint density at radius 1 is 1.05 bits per heavy atom. The van der Waals surface area contributed by atoms with Gasteiger partial charge in [0, 0.05) is 13.0 Å². The third-order valence-electron chi connectivity index (χ3n) is 4.26. The molecule has 1 atom stereocenters. The average Bonchev–Trinajstić information content (AvgIpc) is 2.53. The van der Waals surface area contributed by atoms with Crippen molar-refractivity contribution in [2.24, 2.45) is 5.73 Å². The van der Waals surface area contributed by atoms with E-state index in [0.717, 1.165) is 12.8 Å². The number of nitrogens with two attached hydrogens (primary N) is 1. The highest BCUT2D eigenvalue weighted by atomic mass is 16.5. The minimum absolute atomic E-state index is 0.105. The number of rotatable bonds is 11. The van der Waals surface area contributed by atoms with Gasteiger partial charge in [0.2, 0.25) is 0 Å². The van der Waals surface area contributed by atoms with Gasteiger partial charge in [-0.25, -0.2) is 4.79 Å². The normalized spacial score (nSPS) is 18.4. The predicted octanol–water partition coefficient (Wildman–Crippen LogP) is 3.26. The lowest BCUT2D eigenvalue weighted by atomic mass is 10.0. The lowest BCUT2D eigenvalue weighted by Crippen LogP contribution is -2.50. The van der Waals surface area contributed by atoms with E-state index in [0.29, 0.717) is 26.1 Å². The molecular weight excluding hydrogens is 280 g/mol. The zero-order chi connectivity index (χ0) is 16.2. The van der Waals surface area contributed by atoms with Crippen LogP contribution in [0.3, 0.4) is 0 Å². The molecule has 1 aliphatic rings. The molecule has 1 heterocycles. The fraction of sp³-hybridized carbons (Fsp3) is 0.882. The molecule has 1 unspecified atom stereocenters. The van der Waals surface area contributed by atoms with Crippen LogP contribution in [0.15, 0.2) is 0 Å². The number of morpholine rings is 1. The SMILES string of the molecule is CCCCCCCCCCCC(=O)C1CN(C(N)=O)CCO1. The van der Waals surface area contributed by atoms with E-state index in [4.69, 9.17) is 10.5 Å². The number of Topliss-reactive ketones (excluding diaryl/α,β-unsaturated/α-hetero) is 1. The summed E-state index contributed by atoms with van der Waals surface area (Å²) in [7, 11) is 0. The summed E-state index contributed by atoms with van der Waals surface area (Å²) in [4.78, 5) is 24.7. The molecule has 0 bridgehead atoms. The first-order chi connectivity index (χ1) is 10.6. The number of ether oxygens (including phenoxy) is 1. The Kier molecular flexibility index (Phi) is 9.87. The average molecular weight is 312 g/mol. The molecule has 1 aliphatic heterocycles. The van der Waals surface area contributed by atoms with Gasteiger partial charge in [-0.1, -0.05) is 58.3 Å². The fourth-order valence-corrected chi connectivity index (χ4v) is 2.82. The van der Waals surface area contributed by atoms with E-state index in [1.165, 1.54) is 49.8 Å². The van der Waals surface area contributed by atoms with Crippen molar-refractivity contribution in [3.8, 4) is 0 Å². The highest BCUT2D eigenvalue weighted by Gasteiger charge is 2.27. The number of nitrogens with zero attached hydrogens (tertiary/aromatic N) is 1. The summed E-state index contributed by atoms with van der Waals surface area (Å²) in [5, 5.41) is 0. The zero-order valence-corrected chi connectivity index (χ0v) is 14.0. The van der Waals surface area contributed by atoms with Crippen LogP contribution in [0.5, 0.6) is 0 Å². The van der Waals surface area contributed by atoms with Crippen molar-refractivity contribution in [3.05, 3.63) is 0 Å². The lowest BCUT2D eigenvalue weighted by molar-refractivity contribution is -0.134. The first-order valence-corrected chi connectivity index (χ1v) is 8.83. The molecule has 0 saturated carbocycles. The van der Waals surface area contributed by atoms with Gasteiger partial charge in [-0.2, -0.15) is 0 Å². The number of urea groups is 1. The van der Waals surface area contributed by atoms with Gasteiger partial charge in [0.15, 0.2) is 5.78 Å². The van der Waals surface area contributed by atoms with Gasteiger partial charge in [0.25, 0.3) is 0 Å². The van der Waals surface area contributed by atoms with Crippen molar-refractivity contribution in [3.63, 3.8) is 0 Å². The van der Waals surface area contributed by atoms with Crippen LogP contribution in [0.25, 0.3) is 0 Å². The fourth-order valence-electron chi connectivity index (χ4n) is 2.82. The van der Waals surface area contributed by atoms with Crippen LogP contribution in [0.2, 0.25) is 0 Å². The zero-order valence-electron chi connectivity index (χ0n) is 14.0. The number of carbonyl (C=O) groups excluding carboxylic acids is 2. The summed E-state index contributed by atoms with van der Waals surface area (Å²) < 4.78 is 5.45. The van der Waals surface area contributed by atoms with E-state index in [-0.39, 0.29) is 5.78 Å². The van der Waals surface area contributed by atoms with Crippen LogP contribution in [0.1, 0.15) is 71.1 Å². The van der Waals surface area contributed by atoms with Crippen LogP contribution < -0.4 is 5.73 Å². The maximum Gasteiger partial charge on any atom is 0.314 e. The Morgan fingerprint density at radius 2 is 1.64 bits per heavy atom. The maximum absolute atomic E-state index is 12.1. The smallest absolute Gasteiger partial charge is 0.314 e. The molecular formula is C17H32N2O3. The highest BCUT2D eigenvalue weighted by molar-refractivity contribution is 5.84. The monoisotopic (exact) mass is 312 g/mol. The lowest BCUT2D eigenvalue weighted by Gasteiger charge is -2.30. The molecule has 1 fully saturated rings. The number of primary amides is 1. The maximum atomic E-state index is 12.1. The Morgan fingerprint density at radius 3 is 2.23 bits per heavy atom. The molecule has 0 aromatic rings. The summed E-state index contributed by atoms with van der Waals surface area (Å²) in [6, 6.07) is -0.468. The van der Waals surface area contributed by atoms with Crippen LogP contribution >= 0.6 is 0 Å². The minimum Gasteiger partial charge on any atom is -0.367 e. The second kappa shape index (κ2) is 11.5. The summed E-state index contributed by atoms with van der Waals surface area (Å²) in [6.07, 6.45) is 11.2. The second-order valence-corrected chi connectivity index (χ2v) is 6.19. The molecule has 2 amide bonds. The third-order valence-corrected chi connectivity index (χ3v) is 4.26. The van der Waals surface area contributed by atoms with E-state index in [9.17, 15) is 9.59 Å². The van der Waals surface area contributed by atoms with Gasteiger partial charge < -0.3 is 15.4 Å². The molecule has 0 aliphatic carbocycles. The van der Waals surface area contributed by atoms with Gasteiger partial charge >= 0.3 is 6.03 Å². The molecule has 2 N–H and O–H groups in total. The number of unbranched alkanes of at least 4 members (excludes halogenated alkanes) is 8. The molecule has 1 rings (SSSR count). The third kappa shape index (κ3) is 7.78. The highest BCUT2D eigenvalue weighted by Crippen LogP contribution is 2.13. The molecule has 0 aromatic heterocycles. The van der Waals surface area contributed by atoms with Crippen molar-refractivity contribution < 1.29 is 14.3 Å². The van der Waals surface area contributed by atoms with Gasteiger partial charge in [-0.05, 0) is 6.42 Å². The van der Waals surface area contributed by atoms with Crippen molar-refractivity contribution in [1.82, 2.24) is 4.90 Å².